The number of fused-ring (bicyclic) bond motifs is 2. The Bertz CT molecular complexity index is 1160. The largest absolute Gasteiger partial charge is 0.497 e. The molecule has 8 heteroatoms. The van der Waals surface area contributed by atoms with E-state index in [1.807, 2.05) is 48.8 Å². The van der Waals surface area contributed by atoms with Gasteiger partial charge in [-0.15, -0.1) is 0 Å². The molecule has 0 N–H and O–H groups in total. The van der Waals surface area contributed by atoms with E-state index in [0.717, 1.165) is 91.8 Å². The lowest BCUT2D eigenvalue weighted by Gasteiger charge is -2.04. The van der Waals surface area contributed by atoms with Crippen molar-refractivity contribution in [2.24, 2.45) is 0 Å². The average molecular weight is 686 g/mol. The molecule has 6 nitrogen and oxygen atoms in total. The van der Waals surface area contributed by atoms with Gasteiger partial charge in [0.2, 0.25) is 0 Å². The summed E-state index contributed by atoms with van der Waals surface area (Å²) in [5.41, 5.74) is 3.65. The second-order valence-electron chi connectivity index (χ2n) is 7.64. The van der Waals surface area contributed by atoms with Gasteiger partial charge in [-0.25, -0.2) is 0 Å². The molecule has 0 spiro atoms. The van der Waals surface area contributed by atoms with Crippen LogP contribution in [0, 0.1) is 0 Å². The normalized spacial score (nSPS) is 10.7. The van der Waals surface area contributed by atoms with Gasteiger partial charge in [-0.05, 0) is 49.2 Å². The van der Waals surface area contributed by atoms with Crippen LogP contribution in [0.25, 0.3) is 21.8 Å². The van der Waals surface area contributed by atoms with Crippen LogP contribution in [0.4, 0.5) is 0 Å². The molecule has 0 aliphatic heterocycles. The first-order valence-electron chi connectivity index (χ1n) is 11.0. The van der Waals surface area contributed by atoms with Gasteiger partial charge >= 0.3 is 0 Å². The van der Waals surface area contributed by atoms with Crippen molar-refractivity contribution >= 4 is 79.6 Å². The number of benzene rings is 2. The van der Waals surface area contributed by atoms with E-state index in [1.165, 1.54) is 0 Å². The molecule has 0 fully saturated rings. The summed E-state index contributed by atoms with van der Waals surface area (Å²) in [7, 11) is 3.27. The van der Waals surface area contributed by atoms with Crippen molar-refractivity contribution < 1.29 is 19.1 Å². The Kier molecular flexibility index (Phi) is 10.2. The second-order valence-corrected chi connectivity index (χ2v) is 9.80. The van der Waals surface area contributed by atoms with Gasteiger partial charge in [-0.2, -0.15) is 0 Å². The van der Waals surface area contributed by atoms with Crippen molar-refractivity contribution in [3.05, 3.63) is 59.9 Å². The Morgan fingerprint density at radius 3 is 1.47 bits per heavy atom. The Morgan fingerprint density at radius 2 is 1.15 bits per heavy atom. The molecule has 0 unspecified atom stereocenters. The van der Waals surface area contributed by atoms with Crippen molar-refractivity contribution in [3.8, 4) is 11.5 Å². The third kappa shape index (κ3) is 6.12. The molecule has 0 saturated heterocycles. The summed E-state index contributed by atoms with van der Waals surface area (Å²) < 4.78 is 16.9. The third-order valence-electron chi connectivity index (χ3n) is 5.56. The maximum absolute atomic E-state index is 11.1. The molecule has 4 aromatic rings. The number of ether oxygens (including phenoxy) is 2. The van der Waals surface area contributed by atoms with Gasteiger partial charge < -0.3 is 18.6 Å². The van der Waals surface area contributed by atoms with Crippen LogP contribution in [0.5, 0.6) is 11.5 Å². The monoisotopic (exact) mass is 686 g/mol. The molecular formula is C26H28I2N2O4. The van der Waals surface area contributed by atoms with Crippen LogP contribution in [0.3, 0.4) is 0 Å². The number of methoxy groups -OCH3 is 2. The number of carbonyl (C=O) groups is 2. The van der Waals surface area contributed by atoms with Gasteiger partial charge in [0.05, 0.1) is 14.2 Å². The number of rotatable bonds is 10. The van der Waals surface area contributed by atoms with E-state index in [9.17, 15) is 9.59 Å². The van der Waals surface area contributed by atoms with Gasteiger partial charge in [0.25, 0.3) is 0 Å². The highest BCUT2D eigenvalue weighted by atomic mass is 127. The first-order chi connectivity index (χ1) is 16.6. The van der Waals surface area contributed by atoms with Crippen molar-refractivity contribution in [3.63, 3.8) is 0 Å². The number of hydrogen-bond donors (Lipinski definition) is 0. The third-order valence-corrected chi connectivity index (χ3v) is 7.08. The van der Waals surface area contributed by atoms with Crippen molar-refractivity contribution in [2.75, 3.05) is 23.1 Å². The molecule has 2 aromatic heterocycles. The molecule has 4 rings (SSSR count). The summed E-state index contributed by atoms with van der Waals surface area (Å²) in [6, 6.07) is 11.7. The standard InChI is InChI=1S/2C13H14INO2/c2*1-17-11-3-4-13-12(7-11)10(9-16)8-15(13)6-2-5-14/h2*3-4,7-9H,2,5-6H2,1H3. The minimum absolute atomic E-state index is 0.729. The number of nitrogens with zero attached hydrogens (tertiary/aromatic N) is 2. The molecule has 0 amide bonds. The van der Waals surface area contributed by atoms with Crippen LogP contribution < -0.4 is 9.47 Å². The predicted molar refractivity (Wildman–Crippen MR) is 155 cm³/mol. The molecule has 0 atom stereocenters. The van der Waals surface area contributed by atoms with Gasteiger partial charge in [0.1, 0.15) is 11.5 Å². The number of halogens is 2. The fourth-order valence-electron chi connectivity index (χ4n) is 3.88. The number of carbonyl (C=O) groups excluding carboxylic acids is 2. The maximum atomic E-state index is 11.1. The van der Waals surface area contributed by atoms with Crippen LogP contribution in [-0.4, -0.2) is 44.8 Å². The molecule has 180 valence electrons. The Labute approximate surface area is 226 Å². The lowest BCUT2D eigenvalue weighted by atomic mass is 10.2. The minimum atomic E-state index is 0.729. The Balaban J connectivity index is 0.000000191. The molecule has 2 heterocycles. The molecule has 2 aromatic carbocycles. The highest BCUT2D eigenvalue weighted by molar-refractivity contribution is 14.1. The first-order valence-corrected chi connectivity index (χ1v) is 14.0. The predicted octanol–water partition coefficient (Wildman–Crippen LogP) is 6.58. The van der Waals surface area contributed by atoms with Crippen LogP contribution in [0.2, 0.25) is 0 Å². The highest BCUT2D eigenvalue weighted by Crippen LogP contribution is 2.26. The van der Waals surface area contributed by atoms with Crippen molar-refractivity contribution in [2.45, 2.75) is 25.9 Å². The van der Waals surface area contributed by atoms with Gasteiger partial charge in [-0.3, -0.25) is 9.59 Å². The zero-order valence-electron chi connectivity index (χ0n) is 19.3. The number of alkyl halides is 2. The molecule has 0 saturated carbocycles. The van der Waals surface area contributed by atoms with E-state index in [-0.39, 0.29) is 0 Å². The van der Waals surface area contributed by atoms with Gasteiger partial charge in [0.15, 0.2) is 12.6 Å². The zero-order chi connectivity index (χ0) is 24.5. The van der Waals surface area contributed by atoms with Crippen LogP contribution in [0.15, 0.2) is 48.8 Å². The zero-order valence-corrected chi connectivity index (χ0v) is 23.6. The number of aromatic nitrogens is 2. The fourth-order valence-corrected chi connectivity index (χ4v) is 4.56. The topological polar surface area (TPSA) is 62.5 Å². The van der Waals surface area contributed by atoms with Crippen molar-refractivity contribution in [1.82, 2.24) is 9.13 Å². The van der Waals surface area contributed by atoms with E-state index < -0.39 is 0 Å². The van der Waals surface area contributed by atoms with E-state index in [0.29, 0.717) is 0 Å². The maximum Gasteiger partial charge on any atom is 0.152 e. The lowest BCUT2D eigenvalue weighted by Crippen LogP contribution is -1.96. The molecule has 0 radical (unpaired) electrons. The summed E-state index contributed by atoms with van der Waals surface area (Å²) in [5, 5.41) is 1.93. The number of aryl methyl sites for hydroxylation is 2. The van der Waals surface area contributed by atoms with Crippen LogP contribution in [0.1, 0.15) is 33.6 Å². The smallest absolute Gasteiger partial charge is 0.152 e. The first kappa shape index (κ1) is 26.5. The van der Waals surface area contributed by atoms with Crippen LogP contribution >= 0.6 is 45.2 Å². The van der Waals surface area contributed by atoms with E-state index in [2.05, 4.69) is 54.3 Å². The summed E-state index contributed by atoms with van der Waals surface area (Å²) in [4.78, 5) is 22.1. The van der Waals surface area contributed by atoms with Gasteiger partial charge in [0, 0.05) is 67.3 Å². The highest BCUT2D eigenvalue weighted by Gasteiger charge is 2.09. The summed E-state index contributed by atoms with van der Waals surface area (Å²) in [5.74, 6) is 1.57. The molecule has 0 aliphatic carbocycles. The second kappa shape index (κ2) is 13.1. The van der Waals surface area contributed by atoms with Gasteiger partial charge in [-0.1, -0.05) is 45.2 Å². The Morgan fingerprint density at radius 1 is 0.735 bits per heavy atom. The Hall–Kier alpha value is -2.08. The minimum Gasteiger partial charge on any atom is -0.497 e. The molecular weight excluding hydrogens is 658 g/mol. The molecule has 0 bridgehead atoms. The summed E-state index contributed by atoms with van der Waals surface area (Å²) in [6.45, 7) is 1.89. The van der Waals surface area contributed by atoms with E-state index in [4.69, 9.17) is 9.47 Å². The summed E-state index contributed by atoms with van der Waals surface area (Å²) >= 11 is 4.72. The molecule has 0 aliphatic rings. The van der Waals surface area contributed by atoms with E-state index >= 15 is 0 Å². The summed E-state index contributed by atoms with van der Waals surface area (Å²) in [6.07, 6.45) is 7.86. The quantitative estimate of drug-likeness (QED) is 0.108. The number of aldehydes is 2. The lowest BCUT2D eigenvalue weighted by molar-refractivity contribution is 0.111. The van der Waals surface area contributed by atoms with Crippen LogP contribution in [-0.2, 0) is 13.1 Å². The number of hydrogen-bond acceptors (Lipinski definition) is 4. The fraction of sp³-hybridized carbons (Fsp3) is 0.308. The SMILES string of the molecule is COc1ccc2c(c1)c(C=O)cn2CCCI.COc1ccc2c(c1)c(C=O)cn2CCCI. The van der Waals surface area contributed by atoms with E-state index in [1.54, 1.807) is 14.2 Å². The average Bonchev–Trinajstić information content (AvgIpc) is 3.42. The molecule has 34 heavy (non-hydrogen) atoms. The van der Waals surface area contributed by atoms with Crippen molar-refractivity contribution in [1.29, 1.82) is 0 Å².